The molecule has 1 aromatic rings. The lowest BCUT2D eigenvalue weighted by Gasteiger charge is -2.22. The lowest BCUT2D eigenvalue weighted by atomic mass is 9.96. The first kappa shape index (κ1) is 21.1. The van der Waals surface area contributed by atoms with E-state index in [4.69, 9.17) is 0 Å². The second-order valence-electron chi connectivity index (χ2n) is 8.09. The number of carbonyl (C=O) groups excluding carboxylic acids is 1. The number of aryl methyl sites for hydroxylation is 1. The number of aromatic nitrogens is 2. The van der Waals surface area contributed by atoms with Crippen LogP contribution in [0.3, 0.4) is 0 Å². The van der Waals surface area contributed by atoms with Gasteiger partial charge in [-0.3, -0.25) is 10.00 Å². The Hall–Kier alpha value is -1.61. The first-order chi connectivity index (χ1) is 13.4. The van der Waals surface area contributed by atoms with Crippen LogP contribution in [0.5, 0.6) is 0 Å². The van der Waals surface area contributed by atoms with Gasteiger partial charge in [-0.2, -0.15) is 5.10 Å². The number of nitrogens with zero attached hydrogens (tertiary/aromatic N) is 2. The number of nitrogens with one attached hydrogen (secondary N) is 3. The van der Waals surface area contributed by atoms with Crippen LogP contribution in [-0.4, -0.2) is 42.6 Å². The topological polar surface area (TPSA) is 105 Å². The quantitative estimate of drug-likeness (QED) is 0.641. The van der Waals surface area contributed by atoms with Crippen LogP contribution < -0.4 is 15.4 Å². The fourth-order valence-electron chi connectivity index (χ4n) is 4.12. The molecule has 0 aliphatic heterocycles. The first-order valence-electron chi connectivity index (χ1n) is 10.5. The fourth-order valence-corrected chi connectivity index (χ4v) is 5.36. The van der Waals surface area contributed by atoms with Gasteiger partial charge in [-0.05, 0) is 32.6 Å². The highest BCUT2D eigenvalue weighted by Gasteiger charge is 2.21. The predicted octanol–water partition coefficient (Wildman–Crippen LogP) is 3.07. The molecule has 3 N–H and O–H groups in total. The van der Waals surface area contributed by atoms with Crippen molar-refractivity contribution in [2.45, 2.75) is 83.2 Å². The van der Waals surface area contributed by atoms with Crippen LogP contribution in [0.4, 0.5) is 10.6 Å². The Balaban J connectivity index is 1.43. The van der Waals surface area contributed by atoms with Crippen LogP contribution in [0, 0.1) is 6.92 Å². The molecule has 0 radical (unpaired) electrons. The van der Waals surface area contributed by atoms with Gasteiger partial charge in [0, 0.05) is 24.3 Å². The van der Waals surface area contributed by atoms with Crippen molar-refractivity contribution in [2.24, 2.45) is 0 Å². The van der Waals surface area contributed by atoms with E-state index < -0.39 is 16.1 Å². The van der Waals surface area contributed by atoms with E-state index in [1.165, 1.54) is 25.7 Å². The van der Waals surface area contributed by atoms with Gasteiger partial charge in [0.15, 0.2) is 5.82 Å². The highest BCUT2D eigenvalue weighted by molar-refractivity contribution is 7.89. The molecule has 28 heavy (non-hydrogen) atoms. The highest BCUT2D eigenvalue weighted by Crippen LogP contribution is 2.29. The van der Waals surface area contributed by atoms with Gasteiger partial charge in [0.2, 0.25) is 10.0 Å². The smallest absolute Gasteiger partial charge is 0.320 e. The SMILES string of the molecule is Cc1cn(C2CCCCC2)nc1NC(=O)NCCS(=O)(=O)NC1CCCCC1. The van der Waals surface area contributed by atoms with Gasteiger partial charge in [0.1, 0.15) is 0 Å². The largest absolute Gasteiger partial charge is 0.337 e. The predicted molar refractivity (Wildman–Crippen MR) is 110 cm³/mol. The second-order valence-corrected chi connectivity index (χ2v) is 9.96. The average Bonchev–Trinajstić information content (AvgIpc) is 3.03. The maximum absolute atomic E-state index is 12.2. The molecule has 8 nitrogen and oxygen atoms in total. The molecule has 0 atom stereocenters. The number of carbonyl (C=O) groups is 1. The highest BCUT2D eigenvalue weighted by atomic mass is 32.2. The number of rotatable bonds is 7. The number of hydrogen-bond donors (Lipinski definition) is 3. The van der Waals surface area contributed by atoms with Crippen molar-refractivity contribution in [2.75, 3.05) is 17.6 Å². The van der Waals surface area contributed by atoms with Gasteiger partial charge >= 0.3 is 6.03 Å². The van der Waals surface area contributed by atoms with Gasteiger partial charge in [-0.1, -0.05) is 38.5 Å². The van der Waals surface area contributed by atoms with Gasteiger partial charge in [0.25, 0.3) is 0 Å². The van der Waals surface area contributed by atoms with Gasteiger partial charge in [-0.25, -0.2) is 17.9 Å². The molecule has 0 unspecified atom stereocenters. The van der Waals surface area contributed by atoms with Crippen LogP contribution in [0.1, 0.15) is 75.8 Å². The third-order valence-corrected chi connectivity index (χ3v) is 7.14. The lowest BCUT2D eigenvalue weighted by molar-refractivity contribution is 0.252. The fraction of sp³-hybridized carbons (Fsp3) is 0.789. The molecule has 2 amide bonds. The molecule has 3 rings (SSSR count). The molecular formula is C19H33N5O3S. The molecule has 2 fully saturated rings. The zero-order chi connectivity index (χ0) is 20.0. The monoisotopic (exact) mass is 411 g/mol. The molecule has 2 aliphatic rings. The average molecular weight is 412 g/mol. The summed E-state index contributed by atoms with van der Waals surface area (Å²) < 4.78 is 29.1. The van der Waals surface area contributed by atoms with Crippen LogP contribution >= 0.6 is 0 Å². The third-order valence-electron chi connectivity index (χ3n) is 5.70. The van der Waals surface area contributed by atoms with Crippen molar-refractivity contribution >= 4 is 21.9 Å². The number of hydrogen-bond acceptors (Lipinski definition) is 4. The van der Waals surface area contributed by atoms with E-state index in [1.807, 2.05) is 17.8 Å². The minimum absolute atomic E-state index is 0.0407. The van der Waals surface area contributed by atoms with E-state index in [9.17, 15) is 13.2 Å². The molecule has 2 saturated carbocycles. The second kappa shape index (κ2) is 9.73. The molecule has 0 spiro atoms. The Labute approximate surface area is 167 Å². The normalized spacial score (nSPS) is 19.5. The first-order valence-corrected chi connectivity index (χ1v) is 12.2. The number of amides is 2. The van der Waals surface area contributed by atoms with E-state index in [0.29, 0.717) is 11.9 Å². The summed E-state index contributed by atoms with van der Waals surface area (Å²) in [4.78, 5) is 12.1. The third kappa shape index (κ3) is 6.20. The van der Waals surface area contributed by atoms with E-state index >= 15 is 0 Å². The summed E-state index contributed by atoms with van der Waals surface area (Å²) in [7, 11) is -3.38. The number of anilines is 1. The summed E-state index contributed by atoms with van der Waals surface area (Å²) in [6.07, 6.45) is 13.1. The molecule has 158 valence electrons. The van der Waals surface area contributed by atoms with Gasteiger partial charge in [0.05, 0.1) is 11.8 Å². The standard InChI is InChI=1S/C19H33N5O3S/c1-15-14-24(17-10-6-3-7-11-17)22-18(15)21-19(25)20-12-13-28(26,27)23-16-8-4-2-5-9-16/h14,16-17,23H,2-13H2,1H3,(H2,20,21,22,25). The van der Waals surface area contributed by atoms with Crippen LogP contribution in [0.2, 0.25) is 0 Å². The summed E-state index contributed by atoms with van der Waals surface area (Å²) in [6, 6.07) is 0.0194. The molecular weight excluding hydrogens is 378 g/mol. The van der Waals surface area contributed by atoms with Crippen LogP contribution in [-0.2, 0) is 10.0 Å². The van der Waals surface area contributed by atoms with Crippen LogP contribution in [0.25, 0.3) is 0 Å². The zero-order valence-corrected chi connectivity index (χ0v) is 17.6. The molecule has 1 aromatic heterocycles. The molecule has 2 aliphatic carbocycles. The summed E-state index contributed by atoms with van der Waals surface area (Å²) in [6.45, 7) is 1.98. The molecule has 0 aromatic carbocycles. The summed E-state index contributed by atoms with van der Waals surface area (Å²) in [5.41, 5.74) is 0.910. The van der Waals surface area contributed by atoms with E-state index in [-0.39, 0.29) is 18.3 Å². The van der Waals surface area contributed by atoms with Crippen molar-refractivity contribution in [3.63, 3.8) is 0 Å². The lowest BCUT2D eigenvalue weighted by Crippen LogP contribution is -2.41. The van der Waals surface area contributed by atoms with Gasteiger partial charge in [-0.15, -0.1) is 0 Å². The minimum atomic E-state index is -3.38. The molecule has 0 bridgehead atoms. The zero-order valence-electron chi connectivity index (χ0n) is 16.7. The van der Waals surface area contributed by atoms with Crippen molar-refractivity contribution in [1.82, 2.24) is 19.8 Å². The Morgan fingerprint density at radius 2 is 1.75 bits per heavy atom. The summed E-state index contributed by atoms with van der Waals surface area (Å²) in [5.74, 6) is 0.415. The van der Waals surface area contributed by atoms with Crippen molar-refractivity contribution in [3.8, 4) is 0 Å². The van der Waals surface area contributed by atoms with Crippen LogP contribution in [0.15, 0.2) is 6.20 Å². The van der Waals surface area contributed by atoms with Crippen molar-refractivity contribution in [1.29, 1.82) is 0 Å². The van der Waals surface area contributed by atoms with Crippen molar-refractivity contribution in [3.05, 3.63) is 11.8 Å². The maximum atomic E-state index is 12.2. The van der Waals surface area contributed by atoms with E-state index in [2.05, 4.69) is 20.5 Å². The number of urea groups is 1. The summed E-state index contributed by atoms with van der Waals surface area (Å²) in [5, 5.41) is 9.88. The van der Waals surface area contributed by atoms with Gasteiger partial charge < -0.3 is 5.32 Å². The Bertz CT molecular complexity index is 750. The Morgan fingerprint density at radius 1 is 1.11 bits per heavy atom. The molecule has 0 saturated heterocycles. The van der Waals surface area contributed by atoms with E-state index in [1.54, 1.807) is 0 Å². The Morgan fingerprint density at radius 3 is 2.43 bits per heavy atom. The summed E-state index contributed by atoms with van der Waals surface area (Å²) >= 11 is 0. The van der Waals surface area contributed by atoms with E-state index in [0.717, 1.165) is 44.1 Å². The molecule has 9 heteroatoms. The maximum Gasteiger partial charge on any atom is 0.320 e. The van der Waals surface area contributed by atoms with Crippen molar-refractivity contribution < 1.29 is 13.2 Å². The minimum Gasteiger partial charge on any atom is -0.337 e. The Kier molecular flexibility index (Phi) is 7.34. The molecule has 1 heterocycles. The number of sulfonamides is 1.